The van der Waals surface area contributed by atoms with Gasteiger partial charge in [-0.3, -0.25) is 9.59 Å². The molecule has 2 unspecified atom stereocenters. The fourth-order valence-corrected chi connectivity index (χ4v) is 0.815. The maximum Gasteiger partial charge on any atom is 0.306 e. The molecule has 3 heteroatoms. The van der Waals surface area contributed by atoms with E-state index in [-0.39, 0.29) is 11.7 Å². The van der Waals surface area contributed by atoms with E-state index in [2.05, 4.69) is 0 Å². The van der Waals surface area contributed by atoms with E-state index >= 15 is 0 Å². The Bertz CT molecular complexity index is 163. The van der Waals surface area contributed by atoms with E-state index in [1.807, 2.05) is 0 Å². The molecule has 0 aromatic heterocycles. The number of aliphatic carboxylic acids is 1. The Balaban J connectivity index is 4.12. The van der Waals surface area contributed by atoms with Gasteiger partial charge in [0, 0.05) is 12.3 Å². The standard InChI is InChI=1S/C8H14O3/c1-4-7(9)5(2)6(3)8(10)11/h5-6H,4H2,1-3H3,(H,10,11). The minimum absolute atomic E-state index is 0.0138. The molecule has 0 heterocycles. The van der Waals surface area contributed by atoms with Crippen LogP contribution in [0.15, 0.2) is 0 Å². The van der Waals surface area contributed by atoms with Crippen LogP contribution in [0.3, 0.4) is 0 Å². The Kier molecular flexibility index (Phi) is 3.79. The van der Waals surface area contributed by atoms with Crippen molar-refractivity contribution in [2.24, 2.45) is 11.8 Å². The van der Waals surface area contributed by atoms with Crippen molar-refractivity contribution in [3.8, 4) is 0 Å². The highest BCUT2D eigenvalue weighted by molar-refractivity contribution is 5.85. The van der Waals surface area contributed by atoms with Crippen molar-refractivity contribution in [1.29, 1.82) is 0 Å². The summed E-state index contributed by atoms with van der Waals surface area (Å²) in [7, 11) is 0. The molecule has 0 aliphatic rings. The largest absolute Gasteiger partial charge is 0.481 e. The maximum absolute atomic E-state index is 11.0. The van der Waals surface area contributed by atoms with Crippen LogP contribution in [0.4, 0.5) is 0 Å². The number of carbonyl (C=O) groups is 2. The third kappa shape index (κ3) is 2.70. The average Bonchev–Trinajstić information content (AvgIpc) is 2.00. The molecule has 64 valence electrons. The van der Waals surface area contributed by atoms with Crippen molar-refractivity contribution in [2.75, 3.05) is 0 Å². The third-order valence-corrected chi connectivity index (χ3v) is 2.00. The van der Waals surface area contributed by atoms with Crippen LogP contribution in [0.2, 0.25) is 0 Å². The van der Waals surface area contributed by atoms with Crippen LogP contribution in [0.5, 0.6) is 0 Å². The van der Waals surface area contributed by atoms with Gasteiger partial charge in [0.2, 0.25) is 0 Å². The van der Waals surface area contributed by atoms with Crippen molar-refractivity contribution in [3.63, 3.8) is 0 Å². The van der Waals surface area contributed by atoms with Crippen LogP contribution >= 0.6 is 0 Å². The van der Waals surface area contributed by atoms with Crippen LogP contribution in [-0.4, -0.2) is 16.9 Å². The third-order valence-electron chi connectivity index (χ3n) is 2.00. The molecule has 0 aromatic carbocycles. The lowest BCUT2D eigenvalue weighted by atomic mass is 9.91. The summed E-state index contributed by atoms with van der Waals surface area (Å²) in [6.07, 6.45) is 0.415. The maximum atomic E-state index is 11.0. The van der Waals surface area contributed by atoms with Gasteiger partial charge in [-0.05, 0) is 0 Å². The van der Waals surface area contributed by atoms with Crippen molar-refractivity contribution >= 4 is 11.8 Å². The zero-order valence-electron chi connectivity index (χ0n) is 7.13. The van der Waals surface area contributed by atoms with Crippen LogP contribution in [-0.2, 0) is 9.59 Å². The number of carboxylic acids is 1. The van der Waals surface area contributed by atoms with E-state index in [9.17, 15) is 9.59 Å². The Hall–Kier alpha value is -0.860. The van der Waals surface area contributed by atoms with Gasteiger partial charge in [0.1, 0.15) is 5.78 Å². The molecule has 3 nitrogen and oxygen atoms in total. The van der Waals surface area contributed by atoms with E-state index < -0.39 is 11.9 Å². The number of hydrogen-bond donors (Lipinski definition) is 1. The van der Waals surface area contributed by atoms with Crippen molar-refractivity contribution < 1.29 is 14.7 Å². The van der Waals surface area contributed by atoms with Gasteiger partial charge in [-0.15, -0.1) is 0 Å². The van der Waals surface area contributed by atoms with Crippen molar-refractivity contribution in [2.45, 2.75) is 27.2 Å². The fourth-order valence-electron chi connectivity index (χ4n) is 0.815. The summed E-state index contributed by atoms with van der Waals surface area (Å²) >= 11 is 0. The molecule has 0 radical (unpaired) electrons. The molecule has 0 aliphatic heterocycles. The predicted molar refractivity (Wildman–Crippen MR) is 41.3 cm³/mol. The summed E-state index contributed by atoms with van der Waals surface area (Å²) in [6.45, 7) is 4.96. The highest BCUT2D eigenvalue weighted by Gasteiger charge is 2.23. The van der Waals surface area contributed by atoms with Gasteiger partial charge in [0.05, 0.1) is 5.92 Å². The highest BCUT2D eigenvalue weighted by atomic mass is 16.4. The van der Waals surface area contributed by atoms with Gasteiger partial charge in [0.25, 0.3) is 0 Å². The first-order valence-corrected chi connectivity index (χ1v) is 3.76. The Morgan fingerprint density at radius 1 is 1.27 bits per heavy atom. The van der Waals surface area contributed by atoms with E-state index in [4.69, 9.17) is 5.11 Å². The van der Waals surface area contributed by atoms with Crippen molar-refractivity contribution in [1.82, 2.24) is 0 Å². The fraction of sp³-hybridized carbons (Fsp3) is 0.750. The van der Waals surface area contributed by atoms with Crippen LogP contribution in [0.25, 0.3) is 0 Å². The number of Topliss-reactive ketones (excluding diaryl/α,β-unsaturated/α-hetero) is 1. The summed E-state index contributed by atoms with van der Waals surface area (Å²) in [5, 5.41) is 8.54. The molecule has 0 amide bonds. The van der Waals surface area contributed by atoms with Crippen LogP contribution in [0.1, 0.15) is 27.2 Å². The van der Waals surface area contributed by atoms with Crippen LogP contribution < -0.4 is 0 Å². The summed E-state index contributed by atoms with van der Waals surface area (Å²) in [6, 6.07) is 0. The van der Waals surface area contributed by atoms with Gasteiger partial charge >= 0.3 is 5.97 Å². The molecular weight excluding hydrogens is 144 g/mol. The Morgan fingerprint density at radius 3 is 2.00 bits per heavy atom. The second-order valence-corrected chi connectivity index (χ2v) is 2.74. The van der Waals surface area contributed by atoms with Crippen LogP contribution in [0, 0.1) is 11.8 Å². The molecule has 11 heavy (non-hydrogen) atoms. The number of carboxylic acid groups (broad SMARTS) is 1. The summed E-state index contributed by atoms with van der Waals surface area (Å²) in [4.78, 5) is 21.4. The average molecular weight is 158 g/mol. The van der Waals surface area contributed by atoms with E-state index in [1.54, 1.807) is 20.8 Å². The predicted octanol–water partition coefficient (Wildman–Crippen LogP) is 1.32. The molecule has 0 aromatic rings. The lowest BCUT2D eigenvalue weighted by molar-refractivity contribution is -0.145. The smallest absolute Gasteiger partial charge is 0.306 e. The van der Waals surface area contributed by atoms with Gasteiger partial charge in [-0.1, -0.05) is 20.8 Å². The summed E-state index contributed by atoms with van der Waals surface area (Å²) < 4.78 is 0. The second kappa shape index (κ2) is 4.11. The first kappa shape index (κ1) is 10.1. The molecular formula is C8H14O3. The van der Waals surface area contributed by atoms with Gasteiger partial charge in [0.15, 0.2) is 0 Å². The number of ketones is 1. The molecule has 0 rings (SSSR count). The Labute approximate surface area is 66.4 Å². The number of rotatable bonds is 4. The second-order valence-electron chi connectivity index (χ2n) is 2.74. The van der Waals surface area contributed by atoms with Crippen molar-refractivity contribution in [3.05, 3.63) is 0 Å². The van der Waals surface area contributed by atoms with Gasteiger partial charge in [-0.2, -0.15) is 0 Å². The zero-order valence-corrected chi connectivity index (χ0v) is 7.13. The molecule has 2 atom stereocenters. The highest BCUT2D eigenvalue weighted by Crippen LogP contribution is 2.13. The number of carbonyl (C=O) groups excluding carboxylic acids is 1. The Morgan fingerprint density at radius 2 is 1.73 bits per heavy atom. The molecule has 1 N–H and O–H groups in total. The topological polar surface area (TPSA) is 54.4 Å². The minimum Gasteiger partial charge on any atom is -0.481 e. The first-order chi connectivity index (χ1) is 5.00. The molecule has 0 saturated carbocycles. The molecule has 0 bridgehead atoms. The molecule has 0 aliphatic carbocycles. The molecule has 0 fully saturated rings. The SMILES string of the molecule is CCC(=O)C(C)C(C)C(=O)O. The van der Waals surface area contributed by atoms with E-state index in [0.29, 0.717) is 6.42 Å². The lowest BCUT2D eigenvalue weighted by Gasteiger charge is -2.12. The van der Waals surface area contributed by atoms with Gasteiger partial charge < -0.3 is 5.11 Å². The number of hydrogen-bond acceptors (Lipinski definition) is 2. The lowest BCUT2D eigenvalue weighted by Crippen LogP contribution is -2.24. The molecule has 0 saturated heterocycles. The van der Waals surface area contributed by atoms with Gasteiger partial charge in [-0.25, -0.2) is 0 Å². The van der Waals surface area contributed by atoms with E-state index in [0.717, 1.165) is 0 Å². The quantitative estimate of drug-likeness (QED) is 0.671. The van der Waals surface area contributed by atoms with E-state index in [1.165, 1.54) is 0 Å². The first-order valence-electron chi connectivity index (χ1n) is 3.76. The minimum atomic E-state index is -0.903. The summed E-state index contributed by atoms with van der Waals surface area (Å²) in [5.74, 6) is -1.82. The zero-order chi connectivity index (χ0) is 9.02. The monoisotopic (exact) mass is 158 g/mol. The normalized spacial score (nSPS) is 15.5. The summed E-state index contributed by atoms with van der Waals surface area (Å²) in [5.41, 5.74) is 0. The molecule has 0 spiro atoms.